The molecule has 1 aromatic heterocycles. The number of hydrogen-bond acceptors (Lipinski definition) is 2. The quantitative estimate of drug-likeness (QED) is 0.816. The van der Waals surface area contributed by atoms with Crippen LogP contribution in [0.3, 0.4) is 0 Å². The lowest BCUT2D eigenvalue weighted by atomic mass is 9.85. The Balaban J connectivity index is 2.51. The fourth-order valence-electron chi connectivity index (χ4n) is 2.60. The predicted octanol–water partition coefficient (Wildman–Crippen LogP) is 5.22. The molecular weight excluding hydrogens is 288 g/mol. The summed E-state index contributed by atoms with van der Waals surface area (Å²) in [4.78, 5) is 1.10. The number of hydrogen-bond donors (Lipinski definition) is 1. The van der Waals surface area contributed by atoms with E-state index in [-0.39, 0.29) is 5.41 Å². The van der Waals surface area contributed by atoms with Crippen LogP contribution < -0.4 is 5.32 Å². The van der Waals surface area contributed by atoms with Crippen molar-refractivity contribution in [1.29, 1.82) is 0 Å². The normalized spacial score (nSPS) is 12.6. The van der Waals surface area contributed by atoms with E-state index in [1.165, 1.54) is 17.4 Å². The molecule has 4 heteroatoms. The molecule has 0 saturated heterocycles. The van der Waals surface area contributed by atoms with Crippen LogP contribution in [0.5, 0.6) is 0 Å². The summed E-state index contributed by atoms with van der Waals surface area (Å²) < 4.78 is 28.2. The summed E-state index contributed by atoms with van der Waals surface area (Å²) in [6.07, 6.45) is 0. The van der Waals surface area contributed by atoms with Crippen LogP contribution in [0.1, 0.15) is 45.1 Å². The van der Waals surface area contributed by atoms with E-state index in [2.05, 4.69) is 39.9 Å². The van der Waals surface area contributed by atoms with Crippen LogP contribution in [0, 0.1) is 17.6 Å². The van der Waals surface area contributed by atoms with Crippen LogP contribution in [0.2, 0.25) is 0 Å². The van der Waals surface area contributed by atoms with E-state index >= 15 is 0 Å². The summed E-state index contributed by atoms with van der Waals surface area (Å²) >= 11 is 1.43. The molecule has 0 bridgehead atoms. The Kier molecular flexibility index (Phi) is 4.69. The minimum Gasteiger partial charge on any atom is -0.312 e. The molecule has 1 heterocycles. The molecule has 2 aromatic rings. The molecule has 0 fully saturated rings. The van der Waals surface area contributed by atoms with E-state index in [0.717, 1.165) is 23.1 Å². The fourth-order valence-corrected chi connectivity index (χ4v) is 3.96. The molecule has 21 heavy (non-hydrogen) atoms. The molecule has 1 N–H and O–H groups in total. The Morgan fingerprint density at radius 2 is 1.86 bits per heavy atom. The zero-order valence-electron chi connectivity index (χ0n) is 13.3. The third kappa shape index (κ3) is 3.61. The molecule has 0 saturated carbocycles. The van der Waals surface area contributed by atoms with Gasteiger partial charge in [0.15, 0.2) is 0 Å². The monoisotopic (exact) mass is 311 g/mol. The van der Waals surface area contributed by atoms with E-state index < -0.39 is 11.6 Å². The molecule has 0 aliphatic rings. The first-order chi connectivity index (χ1) is 9.70. The predicted molar refractivity (Wildman–Crippen MR) is 87.0 cm³/mol. The van der Waals surface area contributed by atoms with Crippen molar-refractivity contribution < 1.29 is 8.78 Å². The standard InChI is InChI=1S/C17H23F2NS/c1-10(2)8-20-9-14-15(17(3,4)5)12-6-11(18)7-13(19)16(12)21-14/h6-7,10,20H,8-9H2,1-5H3. The van der Waals surface area contributed by atoms with Gasteiger partial charge in [0, 0.05) is 22.9 Å². The summed E-state index contributed by atoms with van der Waals surface area (Å²) in [5, 5.41) is 4.12. The average Bonchev–Trinajstić information content (AvgIpc) is 2.66. The van der Waals surface area contributed by atoms with Gasteiger partial charge in [0.2, 0.25) is 0 Å². The Hall–Kier alpha value is -1.00. The van der Waals surface area contributed by atoms with Gasteiger partial charge in [-0.1, -0.05) is 34.6 Å². The van der Waals surface area contributed by atoms with E-state index in [1.807, 2.05) is 0 Å². The molecule has 0 aliphatic heterocycles. The van der Waals surface area contributed by atoms with Gasteiger partial charge in [0.1, 0.15) is 11.6 Å². The van der Waals surface area contributed by atoms with Gasteiger partial charge < -0.3 is 5.32 Å². The molecule has 0 spiro atoms. The third-order valence-corrected chi connectivity index (χ3v) is 4.58. The van der Waals surface area contributed by atoms with E-state index in [1.54, 1.807) is 0 Å². The number of fused-ring (bicyclic) bond motifs is 1. The zero-order chi connectivity index (χ0) is 15.8. The summed E-state index contributed by atoms with van der Waals surface area (Å²) in [6.45, 7) is 12.2. The highest BCUT2D eigenvalue weighted by atomic mass is 32.1. The van der Waals surface area contributed by atoms with Crippen molar-refractivity contribution in [3.05, 3.63) is 34.2 Å². The second-order valence-electron chi connectivity index (χ2n) is 6.94. The smallest absolute Gasteiger partial charge is 0.143 e. The maximum Gasteiger partial charge on any atom is 0.143 e. The summed E-state index contributed by atoms with van der Waals surface area (Å²) in [5.41, 5.74) is 0.907. The number of nitrogens with one attached hydrogen (secondary N) is 1. The van der Waals surface area contributed by atoms with Gasteiger partial charge in [0.05, 0.1) is 4.70 Å². The minimum absolute atomic E-state index is 0.146. The Labute approximate surface area is 129 Å². The van der Waals surface area contributed by atoms with Crippen LogP contribution in [-0.4, -0.2) is 6.54 Å². The molecule has 1 aromatic carbocycles. The van der Waals surface area contributed by atoms with Crippen molar-refractivity contribution in [3.63, 3.8) is 0 Å². The second-order valence-corrected chi connectivity index (χ2v) is 8.04. The van der Waals surface area contributed by atoms with Crippen molar-refractivity contribution in [2.75, 3.05) is 6.54 Å². The lowest BCUT2D eigenvalue weighted by molar-refractivity contribution is 0.543. The summed E-state index contributed by atoms with van der Waals surface area (Å²) in [7, 11) is 0. The maximum atomic E-state index is 14.0. The van der Waals surface area contributed by atoms with E-state index in [9.17, 15) is 8.78 Å². The van der Waals surface area contributed by atoms with E-state index in [0.29, 0.717) is 22.5 Å². The van der Waals surface area contributed by atoms with Gasteiger partial charge in [-0.3, -0.25) is 0 Å². The first kappa shape index (κ1) is 16.4. The third-order valence-electron chi connectivity index (χ3n) is 3.37. The molecule has 1 nitrogen and oxygen atoms in total. The molecular formula is C17H23F2NS. The minimum atomic E-state index is -0.509. The van der Waals surface area contributed by atoms with Crippen molar-refractivity contribution in [3.8, 4) is 0 Å². The molecule has 0 aliphatic carbocycles. The summed E-state index contributed by atoms with van der Waals surface area (Å²) in [6, 6.07) is 2.43. The Morgan fingerprint density at radius 1 is 1.19 bits per heavy atom. The molecule has 2 rings (SSSR count). The SMILES string of the molecule is CC(C)CNCc1sc2c(F)cc(F)cc2c1C(C)(C)C. The van der Waals surface area contributed by atoms with Crippen LogP contribution in [0.25, 0.3) is 10.1 Å². The van der Waals surface area contributed by atoms with Gasteiger partial charge in [-0.2, -0.15) is 0 Å². The number of thiophene rings is 1. The Bertz CT molecular complexity index is 638. The first-order valence-electron chi connectivity index (χ1n) is 7.31. The lowest BCUT2D eigenvalue weighted by Crippen LogP contribution is -2.21. The van der Waals surface area contributed by atoms with Gasteiger partial charge >= 0.3 is 0 Å². The van der Waals surface area contributed by atoms with Crippen molar-refractivity contribution in [2.45, 2.75) is 46.6 Å². The van der Waals surface area contributed by atoms with Crippen molar-refractivity contribution >= 4 is 21.4 Å². The van der Waals surface area contributed by atoms with Gasteiger partial charge in [0.25, 0.3) is 0 Å². The number of rotatable bonds is 4. The van der Waals surface area contributed by atoms with Gasteiger partial charge in [-0.15, -0.1) is 11.3 Å². The molecule has 0 radical (unpaired) electrons. The van der Waals surface area contributed by atoms with Crippen LogP contribution >= 0.6 is 11.3 Å². The topological polar surface area (TPSA) is 12.0 Å². The highest BCUT2D eigenvalue weighted by Crippen LogP contribution is 2.40. The van der Waals surface area contributed by atoms with Crippen LogP contribution in [0.15, 0.2) is 12.1 Å². The highest BCUT2D eigenvalue weighted by Gasteiger charge is 2.25. The van der Waals surface area contributed by atoms with Crippen LogP contribution in [-0.2, 0) is 12.0 Å². The van der Waals surface area contributed by atoms with Crippen molar-refractivity contribution in [1.82, 2.24) is 5.32 Å². The Morgan fingerprint density at radius 3 is 2.43 bits per heavy atom. The first-order valence-corrected chi connectivity index (χ1v) is 8.13. The van der Waals surface area contributed by atoms with Gasteiger partial charge in [-0.05, 0) is 29.5 Å². The van der Waals surface area contributed by atoms with E-state index in [4.69, 9.17) is 0 Å². The molecule has 0 unspecified atom stereocenters. The van der Waals surface area contributed by atoms with Crippen LogP contribution in [0.4, 0.5) is 8.78 Å². The second kappa shape index (κ2) is 6.01. The fraction of sp³-hybridized carbons (Fsp3) is 0.529. The summed E-state index contributed by atoms with van der Waals surface area (Å²) in [5.74, 6) is -0.410. The molecule has 0 amide bonds. The average molecular weight is 311 g/mol. The van der Waals surface area contributed by atoms with Crippen molar-refractivity contribution in [2.24, 2.45) is 5.92 Å². The lowest BCUT2D eigenvalue weighted by Gasteiger charge is -2.21. The molecule has 116 valence electrons. The van der Waals surface area contributed by atoms with Gasteiger partial charge in [-0.25, -0.2) is 8.78 Å². The highest BCUT2D eigenvalue weighted by molar-refractivity contribution is 7.19. The molecule has 0 atom stereocenters. The largest absolute Gasteiger partial charge is 0.312 e. The number of halogens is 2. The zero-order valence-corrected chi connectivity index (χ0v) is 14.1. The maximum absolute atomic E-state index is 14.0. The number of benzene rings is 1.